The Bertz CT molecular complexity index is 269. The molecule has 1 amide bonds. The predicted molar refractivity (Wildman–Crippen MR) is 50.2 cm³/mol. The number of amides is 1. The number of likely N-dealkylation sites (tertiary alicyclic amines) is 1. The molecule has 0 aromatic rings. The quantitative estimate of drug-likeness (QED) is 0.527. The van der Waals surface area contributed by atoms with Gasteiger partial charge in [-0.25, -0.2) is 9.18 Å². The van der Waals surface area contributed by atoms with Crippen LogP contribution in [-0.4, -0.2) is 53.9 Å². The van der Waals surface area contributed by atoms with Gasteiger partial charge in [-0.3, -0.25) is 0 Å². The van der Waals surface area contributed by atoms with Crippen LogP contribution in [-0.2, 0) is 4.74 Å². The number of halogens is 1. The molecule has 0 aromatic carbocycles. The number of aliphatic hydroxyl groups is 1. The molecule has 15 heavy (non-hydrogen) atoms. The van der Waals surface area contributed by atoms with Crippen LogP contribution in [0, 0.1) is 0 Å². The summed E-state index contributed by atoms with van der Waals surface area (Å²) in [5.74, 6) is 0. The lowest BCUT2D eigenvalue weighted by Crippen LogP contribution is -2.41. The molecule has 1 aliphatic rings. The first kappa shape index (κ1) is 11.9. The van der Waals surface area contributed by atoms with Crippen molar-refractivity contribution in [1.82, 2.24) is 4.90 Å². The first-order valence-corrected chi connectivity index (χ1v) is 4.58. The van der Waals surface area contributed by atoms with Crippen LogP contribution in [0.2, 0.25) is 0 Å². The molecule has 6 heteroatoms. The van der Waals surface area contributed by atoms with Gasteiger partial charge in [0.15, 0.2) is 6.29 Å². The minimum atomic E-state index is -1.36. The van der Waals surface area contributed by atoms with Crippen molar-refractivity contribution in [1.29, 1.82) is 0 Å². The average molecular weight is 219 g/mol. The molecule has 2 N–H and O–H groups in total. The van der Waals surface area contributed by atoms with E-state index in [1.807, 2.05) is 0 Å². The topological polar surface area (TPSA) is 70.0 Å². The van der Waals surface area contributed by atoms with Crippen molar-refractivity contribution in [3.8, 4) is 0 Å². The van der Waals surface area contributed by atoms with Gasteiger partial charge < -0.3 is 19.8 Å². The summed E-state index contributed by atoms with van der Waals surface area (Å²) in [7, 11) is 1.31. The Kier molecular flexibility index (Phi) is 4.05. The number of aliphatic hydroxyl groups excluding tert-OH is 1. The van der Waals surface area contributed by atoms with E-state index in [2.05, 4.69) is 4.74 Å². The van der Waals surface area contributed by atoms with Crippen LogP contribution in [0.3, 0.4) is 0 Å². The van der Waals surface area contributed by atoms with Crippen LogP contribution in [0.15, 0.2) is 11.6 Å². The summed E-state index contributed by atoms with van der Waals surface area (Å²) in [5, 5.41) is 17.7. The molecule has 86 valence electrons. The highest BCUT2D eigenvalue weighted by atomic mass is 19.1. The van der Waals surface area contributed by atoms with Crippen LogP contribution < -0.4 is 0 Å². The maximum absolute atomic E-state index is 13.4. The molecule has 0 bridgehead atoms. The normalized spacial score (nSPS) is 26.7. The molecule has 0 aromatic heterocycles. The molecule has 2 unspecified atom stereocenters. The molecule has 0 radical (unpaired) electrons. The number of nitrogens with zero attached hydrogens (tertiary/aromatic N) is 1. The van der Waals surface area contributed by atoms with Crippen molar-refractivity contribution in [3.05, 3.63) is 11.6 Å². The number of hydrogen-bond donors (Lipinski definition) is 2. The van der Waals surface area contributed by atoms with Crippen LogP contribution >= 0.6 is 0 Å². The van der Waals surface area contributed by atoms with E-state index in [1.165, 1.54) is 13.2 Å². The molecule has 1 saturated heterocycles. The van der Waals surface area contributed by atoms with Crippen molar-refractivity contribution >= 4 is 6.09 Å². The maximum Gasteiger partial charge on any atom is 0.407 e. The smallest absolute Gasteiger partial charge is 0.407 e. The molecule has 1 aliphatic heterocycles. The summed E-state index contributed by atoms with van der Waals surface area (Å²) < 4.78 is 18.0. The molecular formula is C9H14FNO4. The largest absolute Gasteiger partial charge is 0.465 e. The number of piperidine rings is 1. The predicted octanol–water partition coefficient (Wildman–Crippen LogP) is 0.599. The molecule has 1 heterocycles. The fourth-order valence-corrected chi connectivity index (χ4v) is 1.44. The van der Waals surface area contributed by atoms with E-state index < -0.39 is 18.6 Å². The molecule has 1 rings (SSSR count). The molecular weight excluding hydrogens is 205 g/mol. The van der Waals surface area contributed by atoms with Crippen molar-refractivity contribution in [2.24, 2.45) is 0 Å². The SMILES string of the molecule is COC(O)/C=C1/CCN(C(=O)O)CC1F. The number of alkyl halides is 1. The van der Waals surface area contributed by atoms with Gasteiger partial charge in [0.05, 0.1) is 6.54 Å². The van der Waals surface area contributed by atoms with Crippen molar-refractivity contribution < 1.29 is 24.1 Å². The molecule has 2 atom stereocenters. The molecule has 5 nitrogen and oxygen atoms in total. The number of ether oxygens (including phenoxy) is 1. The minimum absolute atomic E-state index is 0.183. The maximum atomic E-state index is 13.4. The summed E-state index contributed by atoms with van der Waals surface area (Å²) >= 11 is 0. The van der Waals surface area contributed by atoms with Crippen LogP contribution in [0.25, 0.3) is 0 Å². The van der Waals surface area contributed by atoms with Crippen molar-refractivity contribution in [2.45, 2.75) is 18.9 Å². The number of methoxy groups -OCH3 is 1. The number of carboxylic acid groups (broad SMARTS) is 1. The fourth-order valence-electron chi connectivity index (χ4n) is 1.44. The average Bonchev–Trinajstić information content (AvgIpc) is 2.20. The second-order valence-electron chi connectivity index (χ2n) is 3.31. The van der Waals surface area contributed by atoms with E-state index in [0.29, 0.717) is 5.57 Å². The van der Waals surface area contributed by atoms with Gasteiger partial charge in [-0.2, -0.15) is 0 Å². The highest BCUT2D eigenvalue weighted by molar-refractivity contribution is 5.65. The summed E-state index contributed by atoms with van der Waals surface area (Å²) in [5.41, 5.74) is 0.391. The Morgan fingerprint density at radius 1 is 1.80 bits per heavy atom. The van der Waals surface area contributed by atoms with Crippen LogP contribution in [0.1, 0.15) is 6.42 Å². The first-order chi connectivity index (χ1) is 7.04. The van der Waals surface area contributed by atoms with Crippen LogP contribution in [0.4, 0.5) is 9.18 Å². The highest BCUT2D eigenvalue weighted by Gasteiger charge is 2.27. The zero-order chi connectivity index (χ0) is 11.4. The van der Waals surface area contributed by atoms with E-state index in [0.717, 1.165) is 4.90 Å². The Balaban J connectivity index is 2.59. The van der Waals surface area contributed by atoms with Gasteiger partial charge in [0, 0.05) is 13.7 Å². The lowest BCUT2D eigenvalue weighted by molar-refractivity contribution is -0.0370. The monoisotopic (exact) mass is 219 g/mol. The zero-order valence-corrected chi connectivity index (χ0v) is 8.39. The van der Waals surface area contributed by atoms with Gasteiger partial charge in [-0.05, 0) is 18.1 Å². The summed E-state index contributed by atoms with van der Waals surface area (Å²) in [6.07, 6.45) is -2.05. The third-order valence-electron chi connectivity index (χ3n) is 2.32. The van der Waals surface area contributed by atoms with E-state index in [4.69, 9.17) is 10.2 Å². The number of hydrogen-bond acceptors (Lipinski definition) is 3. The summed E-state index contributed by atoms with van der Waals surface area (Å²) in [6.45, 7) is 0.0651. The summed E-state index contributed by atoms with van der Waals surface area (Å²) in [6, 6.07) is 0. The van der Waals surface area contributed by atoms with E-state index in [9.17, 15) is 9.18 Å². The molecule has 1 fully saturated rings. The van der Waals surface area contributed by atoms with Crippen molar-refractivity contribution in [3.63, 3.8) is 0 Å². The van der Waals surface area contributed by atoms with Crippen LogP contribution in [0.5, 0.6) is 0 Å². The van der Waals surface area contributed by atoms with Crippen molar-refractivity contribution in [2.75, 3.05) is 20.2 Å². The second kappa shape index (κ2) is 5.09. The standard InChI is InChI=1S/C9H14FNO4/c1-15-8(12)4-6-2-3-11(9(13)14)5-7(6)10/h4,7-8,12H,2-3,5H2,1H3,(H,13,14)/b6-4-. The lowest BCUT2D eigenvalue weighted by atomic mass is 10.0. The van der Waals surface area contributed by atoms with E-state index in [-0.39, 0.29) is 19.5 Å². The molecule has 0 spiro atoms. The molecule has 0 saturated carbocycles. The van der Waals surface area contributed by atoms with Gasteiger partial charge in [-0.15, -0.1) is 0 Å². The Hall–Kier alpha value is -1.14. The Morgan fingerprint density at radius 2 is 2.47 bits per heavy atom. The highest BCUT2D eigenvalue weighted by Crippen LogP contribution is 2.20. The lowest BCUT2D eigenvalue weighted by Gasteiger charge is -2.29. The molecule has 0 aliphatic carbocycles. The summed E-state index contributed by atoms with van der Waals surface area (Å²) in [4.78, 5) is 11.6. The minimum Gasteiger partial charge on any atom is -0.465 e. The third kappa shape index (κ3) is 3.17. The third-order valence-corrected chi connectivity index (χ3v) is 2.32. The number of carbonyl (C=O) groups is 1. The van der Waals surface area contributed by atoms with Gasteiger partial charge in [0.1, 0.15) is 6.17 Å². The number of rotatable bonds is 2. The van der Waals surface area contributed by atoms with E-state index >= 15 is 0 Å². The van der Waals surface area contributed by atoms with E-state index in [1.54, 1.807) is 0 Å². The van der Waals surface area contributed by atoms with Gasteiger partial charge in [0.25, 0.3) is 0 Å². The first-order valence-electron chi connectivity index (χ1n) is 4.58. The van der Waals surface area contributed by atoms with Gasteiger partial charge >= 0.3 is 6.09 Å². The fraction of sp³-hybridized carbons (Fsp3) is 0.667. The Morgan fingerprint density at radius 3 is 2.93 bits per heavy atom. The zero-order valence-electron chi connectivity index (χ0n) is 8.39. The second-order valence-corrected chi connectivity index (χ2v) is 3.31. The van der Waals surface area contributed by atoms with Gasteiger partial charge in [-0.1, -0.05) is 0 Å². The Labute approximate surface area is 86.8 Å². The van der Waals surface area contributed by atoms with Gasteiger partial charge in [0.2, 0.25) is 0 Å².